The topological polar surface area (TPSA) is 75.6 Å². The Balaban J connectivity index is 2.84. The molecular formula is C12H14BrNO4. The molecule has 0 aliphatic rings. The van der Waals surface area contributed by atoms with E-state index in [1.54, 1.807) is 18.2 Å². The van der Waals surface area contributed by atoms with Gasteiger partial charge in [0.05, 0.1) is 12.5 Å². The number of hydrogen-bond donors (Lipinski definition) is 2. The van der Waals surface area contributed by atoms with Crippen molar-refractivity contribution in [2.75, 3.05) is 13.7 Å². The van der Waals surface area contributed by atoms with Gasteiger partial charge in [-0.05, 0) is 17.7 Å². The molecule has 0 bridgehead atoms. The number of carboxylic acids is 1. The standard InChI is InChI=1S/C12H14BrNO4/c1-18-7-11(15)14-10(6-12(16)17)8-3-2-4-9(13)5-8/h2-5,10H,6-7H2,1H3,(H,14,15)(H,16,17). The molecule has 0 heterocycles. The minimum Gasteiger partial charge on any atom is -0.481 e. The summed E-state index contributed by atoms with van der Waals surface area (Å²) in [6.07, 6.45) is -0.175. The molecule has 1 atom stereocenters. The lowest BCUT2D eigenvalue weighted by Crippen LogP contribution is -2.32. The van der Waals surface area contributed by atoms with E-state index in [4.69, 9.17) is 9.84 Å². The van der Waals surface area contributed by atoms with Crippen molar-refractivity contribution in [3.63, 3.8) is 0 Å². The molecule has 0 aliphatic carbocycles. The molecule has 1 unspecified atom stereocenters. The normalized spacial score (nSPS) is 11.9. The van der Waals surface area contributed by atoms with Gasteiger partial charge in [-0.2, -0.15) is 0 Å². The monoisotopic (exact) mass is 315 g/mol. The van der Waals surface area contributed by atoms with Crippen molar-refractivity contribution in [3.05, 3.63) is 34.3 Å². The van der Waals surface area contributed by atoms with E-state index in [1.807, 2.05) is 6.07 Å². The van der Waals surface area contributed by atoms with Gasteiger partial charge < -0.3 is 15.2 Å². The van der Waals surface area contributed by atoms with Crippen LogP contribution in [0.1, 0.15) is 18.0 Å². The first-order chi connectivity index (χ1) is 8.52. The molecule has 1 aromatic carbocycles. The van der Waals surface area contributed by atoms with E-state index < -0.39 is 12.0 Å². The van der Waals surface area contributed by atoms with Crippen LogP contribution in [0.15, 0.2) is 28.7 Å². The third-order valence-electron chi connectivity index (χ3n) is 2.24. The Labute approximate surface area is 113 Å². The zero-order valence-electron chi connectivity index (χ0n) is 9.85. The Morgan fingerprint density at radius 3 is 2.78 bits per heavy atom. The quantitative estimate of drug-likeness (QED) is 0.838. The van der Waals surface area contributed by atoms with Crippen LogP contribution < -0.4 is 5.32 Å². The van der Waals surface area contributed by atoms with Gasteiger partial charge in [0.15, 0.2) is 0 Å². The minimum atomic E-state index is -0.974. The lowest BCUT2D eigenvalue weighted by atomic mass is 10.0. The zero-order chi connectivity index (χ0) is 13.5. The number of amides is 1. The number of ether oxygens (including phenoxy) is 1. The molecule has 0 aromatic heterocycles. The summed E-state index contributed by atoms with van der Waals surface area (Å²) < 4.78 is 5.53. The first-order valence-corrected chi connectivity index (χ1v) is 6.07. The second-order valence-corrected chi connectivity index (χ2v) is 4.62. The van der Waals surface area contributed by atoms with E-state index in [1.165, 1.54) is 7.11 Å². The van der Waals surface area contributed by atoms with E-state index in [0.29, 0.717) is 0 Å². The van der Waals surface area contributed by atoms with Gasteiger partial charge in [-0.1, -0.05) is 28.1 Å². The minimum absolute atomic E-state index is 0.0931. The molecule has 18 heavy (non-hydrogen) atoms. The number of halogens is 1. The predicted molar refractivity (Wildman–Crippen MR) is 69.2 cm³/mol. The highest BCUT2D eigenvalue weighted by molar-refractivity contribution is 9.10. The summed E-state index contributed by atoms with van der Waals surface area (Å²) in [6.45, 7) is -0.0931. The number of nitrogens with one attached hydrogen (secondary N) is 1. The Hall–Kier alpha value is -1.40. The third-order valence-corrected chi connectivity index (χ3v) is 2.73. The molecule has 5 nitrogen and oxygen atoms in total. The van der Waals surface area contributed by atoms with Crippen LogP contribution in [0, 0.1) is 0 Å². The van der Waals surface area contributed by atoms with Crippen molar-refractivity contribution in [2.24, 2.45) is 0 Å². The maximum Gasteiger partial charge on any atom is 0.305 e. The SMILES string of the molecule is COCC(=O)NC(CC(=O)O)c1cccc(Br)c1. The summed E-state index contributed by atoms with van der Waals surface area (Å²) in [5.41, 5.74) is 0.733. The molecule has 1 amide bonds. The summed E-state index contributed by atoms with van der Waals surface area (Å²) in [6, 6.07) is 6.60. The van der Waals surface area contributed by atoms with Gasteiger partial charge >= 0.3 is 5.97 Å². The second-order valence-electron chi connectivity index (χ2n) is 3.71. The number of aliphatic carboxylic acids is 1. The summed E-state index contributed by atoms with van der Waals surface area (Å²) in [5.74, 6) is -1.32. The Morgan fingerprint density at radius 1 is 1.50 bits per heavy atom. The van der Waals surface area contributed by atoms with Gasteiger partial charge in [0, 0.05) is 11.6 Å². The van der Waals surface area contributed by atoms with Gasteiger partial charge in [-0.15, -0.1) is 0 Å². The molecule has 0 saturated carbocycles. The highest BCUT2D eigenvalue weighted by Crippen LogP contribution is 2.20. The molecule has 0 aliphatic heterocycles. The van der Waals surface area contributed by atoms with Crippen molar-refractivity contribution in [1.82, 2.24) is 5.32 Å². The van der Waals surface area contributed by atoms with Crippen molar-refractivity contribution in [1.29, 1.82) is 0 Å². The fourth-order valence-electron chi connectivity index (χ4n) is 1.52. The molecule has 1 aromatic rings. The molecule has 0 spiro atoms. The highest BCUT2D eigenvalue weighted by Gasteiger charge is 2.18. The van der Waals surface area contributed by atoms with Gasteiger partial charge in [0.2, 0.25) is 5.91 Å². The number of carbonyl (C=O) groups is 2. The first-order valence-electron chi connectivity index (χ1n) is 5.28. The largest absolute Gasteiger partial charge is 0.481 e. The van der Waals surface area contributed by atoms with Crippen LogP contribution in [-0.4, -0.2) is 30.7 Å². The summed E-state index contributed by atoms with van der Waals surface area (Å²) in [5, 5.41) is 11.5. The van der Waals surface area contributed by atoms with E-state index in [9.17, 15) is 9.59 Å². The summed E-state index contributed by atoms with van der Waals surface area (Å²) in [7, 11) is 1.41. The lowest BCUT2D eigenvalue weighted by molar-refractivity contribution is -0.137. The number of benzene rings is 1. The Morgan fingerprint density at radius 2 is 2.22 bits per heavy atom. The van der Waals surface area contributed by atoms with Crippen LogP contribution >= 0.6 is 15.9 Å². The zero-order valence-corrected chi connectivity index (χ0v) is 11.4. The fraction of sp³-hybridized carbons (Fsp3) is 0.333. The highest BCUT2D eigenvalue weighted by atomic mass is 79.9. The summed E-state index contributed by atoms with van der Waals surface area (Å²) in [4.78, 5) is 22.3. The molecule has 0 radical (unpaired) electrons. The molecule has 0 fully saturated rings. The van der Waals surface area contributed by atoms with Crippen molar-refractivity contribution in [3.8, 4) is 0 Å². The molecule has 0 saturated heterocycles. The molecule has 6 heteroatoms. The van der Waals surface area contributed by atoms with Gasteiger partial charge in [-0.25, -0.2) is 0 Å². The number of hydrogen-bond acceptors (Lipinski definition) is 3. The Bertz CT molecular complexity index is 436. The maximum atomic E-state index is 11.5. The smallest absolute Gasteiger partial charge is 0.305 e. The van der Waals surface area contributed by atoms with Crippen molar-refractivity contribution < 1.29 is 19.4 Å². The van der Waals surface area contributed by atoms with Crippen LogP contribution in [0.5, 0.6) is 0 Å². The first kappa shape index (κ1) is 14.7. The lowest BCUT2D eigenvalue weighted by Gasteiger charge is -2.17. The number of carbonyl (C=O) groups excluding carboxylic acids is 1. The fourth-order valence-corrected chi connectivity index (χ4v) is 1.93. The predicted octanol–water partition coefficient (Wildman–Crippen LogP) is 1.73. The van der Waals surface area contributed by atoms with Crippen LogP contribution in [0.4, 0.5) is 0 Å². The third kappa shape index (κ3) is 4.85. The van der Waals surface area contributed by atoms with Crippen LogP contribution in [-0.2, 0) is 14.3 Å². The van der Waals surface area contributed by atoms with Gasteiger partial charge in [0.25, 0.3) is 0 Å². The van der Waals surface area contributed by atoms with Crippen LogP contribution in [0.3, 0.4) is 0 Å². The van der Waals surface area contributed by atoms with Crippen molar-refractivity contribution in [2.45, 2.75) is 12.5 Å². The summed E-state index contributed by atoms with van der Waals surface area (Å²) >= 11 is 3.31. The molecule has 2 N–H and O–H groups in total. The van der Waals surface area contributed by atoms with Gasteiger partial charge in [-0.3, -0.25) is 9.59 Å². The van der Waals surface area contributed by atoms with E-state index in [0.717, 1.165) is 10.0 Å². The average molecular weight is 316 g/mol. The van der Waals surface area contributed by atoms with E-state index >= 15 is 0 Å². The molecule has 1 rings (SSSR count). The average Bonchev–Trinajstić information content (AvgIpc) is 2.28. The molecule has 98 valence electrons. The van der Waals surface area contributed by atoms with E-state index in [-0.39, 0.29) is 18.9 Å². The number of carboxylic acid groups (broad SMARTS) is 1. The van der Waals surface area contributed by atoms with Crippen molar-refractivity contribution >= 4 is 27.8 Å². The molecular weight excluding hydrogens is 302 g/mol. The second kappa shape index (κ2) is 7.13. The Kier molecular flexibility index (Phi) is 5.80. The van der Waals surface area contributed by atoms with Gasteiger partial charge in [0.1, 0.15) is 6.61 Å². The number of rotatable bonds is 6. The number of methoxy groups -OCH3 is 1. The van der Waals surface area contributed by atoms with Crippen LogP contribution in [0.2, 0.25) is 0 Å². The van der Waals surface area contributed by atoms with E-state index in [2.05, 4.69) is 21.2 Å². The maximum absolute atomic E-state index is 11.5. The van der Waals surface area contributed by atoms with Crippen LogP contribution in [0.25, 0.3) is 0 Å².